The first-order valence-electron chi connectivity index (χ1n) is 11.2. The normalized spacial score (nSPS) is 19.4. The topological polar surface area (TPSA) is 137 Å². The van der Waals surface area contributed by atoms with Gasteiger partial charge in [-0.3, -0.25) is 14.9 Å². The molecule has 0 spiro atoms. The molecule has 0 fully saturated rings. The lowest BCUT2D eigenvalue weighted by molar-refractivity contribution is -0.386. The van der Waals surface area contributed by atoms with Crippen molar-refractivity contribution in [1.82, 2.24) is 5.32 Å². The maximum absolute atomic E-state index is 13.7. The number of benzene rings is 2. The van der Waals surface area contributed by atoms with Gasteiger partial charge in [-0.1, -0.05) is 18.2 Å². The monoisotopic (exact) mass is 494 g/mol. The number of para-hydroxylation sites is 1. The number of aromatic hydroxyl groups is 1. The first-order chi connectivity index (χ1) is 17.2. The van der Waals surface area contributed by atoms with Gasteiger partial charge >= 0.3 is 11.7 Å². The van der Waals surface area contributed by atoms with E-state index in [0.29, 0.717) is 29.1 Å². The predicted molar refractivity (Wildman–Crippen MR) is 129 cm³/mol. The second kappa shape index (κ2) is 9.73. The zero-order valence-corrected chi connectivity index (χ0v) is 20.3. The van der Waals surface area contributed by atoms with E-state index in [2.05, 4.69) is 5.32 Å². The number of esters is 1. The van der Waals surface area contributed by atoms with Crippen LogP contribution in [0.25, 0.3) is 0 Å². The second-order valence-corrected chi connectivity index (χ2v) is 8.60. The van der Waals surface area contributed by atoms with Gasteiger partial charge in [0, 0.05) is 41.3 Å². The summed E-state index contributed by atoms with van der Waals surface area (Å²) in [5.74, 6) is -2.12. The summed E-state index contributed by atoms with van der Waals surface area (Å²) in [5.41, 5.74) is 2.12. The number of ketones is 1. The molecule has 2 N–H and O–H groups in total. The lowest BCUT2D eigenvalue weighted by atomic mass is 9.71. The molecule has 0 bridgehead atoms. The number of carbonyl (C=O) groups is 2. The number of rotatable bonds is 6. The Labute approximate surface area is 207 Å². The van der Waals surface area contributed by atoms with Crippen LogP contribution in [0.4, 0.5) is 5.69 Å². The fourth-order valence-corrected chi connectivity index (χ4v) is 5.05. The molecule has 10 nitrogen and oxygen atoms in total. The van der Waals surface area contributed by atoms with Gasteiger partial charge < -0.3 is 24.6 Å². The lowest BCUT2D eigenvalue weighted by Crippen LogP contribution is -2.36. The van der Waals surface area contributed by atoms with E-state index in [4.69, 9.17) is 14.2 Å². The first kappa shape index (κ1) is 24.8. The fourth-order valence-electron chi connectivity index (χ4n) is 5.05. The molecular formula is C26H26N2O8. The third-order valence-electron chi connectivity index (χ3n) is 6.64. The first-order valence-corrected chi connectivity index (χ1v) is 11.2. The van der Waals surface area contributed by atoms with Crippen LogP contribution in [-0.2, 0) is 14.3 Å². The molecule has 4 rings (SSSR count). The minimum Gasteiger partial charge on any atom is -0.500 e. The van der Waals surface area contributed by atoms with Crippen LogP contribution < -0.4 is 14.8 Å². The van der Waals surface area contributed by atoms with Crippen LogP contribution in [-0.4, -0.2) is 43.1 Å². The molecule has 0 aromatic heterocycles. The van der Waals surface area contributed by atoms with Crippen LogP contribution in [0.1, 0.15) is 42.7 Å². The quantitative estimate of drug-likeness (QED) is 0.348. The van der Waals surface area contributed by atoms with Gasteiger partial charge in [-0.25, -0.2) is 4.79 Å². The predicted octanol–water partition coefficient (Wildman–Crippen LogP) is 3.85. The molecule has 0 saturated carbocycles. The summed E-state index contributed by atoms with van der Waals surface area (Å²) in [4.78, 5) is 37.4. The van der Waals surface area contributed by atoms with Gasteiger partial charge in [0.05, 0.1) is 31.8 Å². The fraction of sp³-hybridized carbons (Fsp3) is 0.308. The molecule has 2 atom stereocenters. The largest absolute Gasteiger partial charge is 0.500 e. The van der Waals surface area contributed by atoms with Gasteiger partial charge in [0.25, 0.3) is 0 Å². The summed E-state index contributed by atoms with van der Waals surface area (Å²) in [5, 5.41) is 25.1. The summed E-state index contributed by atoms with van der Waals surface area (Å²) in [6.07, 6.45) is 0.614. The van der Waals surface area contributed by atoms with Gasteiger partial charge in [-0.2, -0.15) is 0 Å². The number of allylic oxidation sites excluding steroid dienone is 3. The molecule has 0 unspecified atom stereocenters. The minimum absolute atomic E-state index is 0.142. The van der Waals surface area contributed by atoms with Crippen LogP contribution in [0.15, 0.2) is 58.9 Å². The Morgan fingerprint density at radius 1 is 1.11 bits per heavy atom. The van der Waals surface area contributed by atoms with Crippen molar-refractivity contribution < 1.29 is 33.8 Å². The second-order valence-electron chi connectivity index (χ2n) is 8.60. The number of nitro groups is 1. The molecular weight excluding hydrogens is 468 g/mol. The van der Waals surface area contributed by atoms with E-state index in [0.717, 1.165) is 11.6 Å². The van der Waals surface area contributed by atoms with Gasteiger partial charge in [0.2, 0.25) is 5.75 Å². The number of phenolic OH excluding ortho intramolecular Hbond substituents is 1. The minimum atomic E-state index is -0.951. The number of methoxy groups -OCH3 is 3. The van der Waals surface area contributed by atoms with Gasteiger partial charge in [-0.15, -0.1) is 0 Å². The highest BCUT2D eigenvalue weighted by Gasteiger charge is 2.42. The Hall–Kier alpha value is -4.34. The van der Waals surface area contributed by atoms with Crippen molar-refractivity contribution in [3.63, 3.8) is 0 Å². The molecule has 0 radical (unpaired) electrons. The number of nitrogens with one attached hydrogen (secondary N) is 1. The van der Waals surface area contributed by atoms with E-state index < -0.39 is 28.2 Å². The smallest absolute Gasteiger partial charge is 0.336 e. The highest BCUT2D eigenvalue weighted by atomic mass is 16.6. The van der Waals surface area contributed by atoms with Crippen molar-refractivity contribution in [2.45, 2.75) is 31.6 Å². The SMILES string of the molecule is COC(=O)C1=C(C)NC2=C(C(=O)C[C@@H](c3ccccc3OC)C2)[C@@H]1c1cc(OC)c(O)c([N+](=O)[O-])c1. The number of nitro benzene ring substituents is 1. The summed E-state index contributed by atoms with van der Waals surface area (Å²) in [7, 11) is 4.06. The number of carbonyl (C=O) groups excluding carboxylic acids is 2. The Kier molecular flexibility index (Phi) is 6.69. The third kappa shape index (κ3) is 4.15. The molecule has 2 aromatic carbocycles. The average molecular weight is 495 g/mol. The van der Waals surface area contributed by atoms with E-state index in [-0.39, 0.29) is 35.0 Å². The van der Waals surface area contributed by atoms with Crippen LogP contribution >= 0.6 is 0 Å². The van der Waals surface area contributed by atoms with Crippen molar-refractivity contribution in [2.75, 3.05) is 21.3 Å². The van der Waals surface area contributed by atoms with Crippen LogP contribution in [0.5, 0.6) is 17.2 Å². The summed E-state index contributed by atoms with van der Waals surface area (Å²) in [6.45, 7) is 1.69. The van der Waals surface area contributed by atoms with Crippen molar-refractivity contribution in [3.8, 4) is 17.2 Å². The number of hydrogen-bond donors (Lipinski definition) is 2. The Morgan fingerprint density at radius 3 is 2.44 bits per heavy atom. The van der Waals surface area contributed by atoms with Gasteiger partial charge in [-0.05, 0) is 36.6 Å². The van der Waals surface area contributed by atoms with Crippen molar-refractivity contribution >= 4 is 17.4 Å². The van der Waals surface area contributed by atoms with Crippen LogP contribution in [0.3, 0.4) is 0 Å². The van der Waals surface area contributed by atoms with Gasteiger partial charge in [0.15, 0.2) is 11.5 Å². The molecule has 1 aliphatic carbocycles. The van der Waals surface area contributed by atoms with E-state index in [9.17, 15) is 24.8 Å². The average Bonchev–Trinajstić information content (AvgIpc) is 2.87. The molecule has 36 heavy (non-hydrogen) atoms. The summed E-state index contributed by atoms with van der Waals surface area (Å²) >= 11 is 0. The number of Topliss-reactive ketones (excluding diaryl/α,β-unsaturated/α-hetero) is 1. The number of dihydropyridines is 1. The van der Waals surface area contributed by atoms with Crippen molar-refractivity contribution in [1.29, 1.82) is 0 Å². The third-order valence-corrected chi connectivity index (χ3v) is 6.64. The highest BCUT2D eigenvalue weighted by Crippen LogP contribution is 2.49. The van der Waals surface area contributed by atoms with E-state index in [1.165, 1.54) is 20.3 Å². The zero-order valence-electron chi connectivity index (χ0n) is 20.3. The lowest BCUT2D eigenvalue weighted by Gasteiger charge is -2.36. The number of phenols is 1. The Morgan fingerprint density at radius 2 is 1.81 bits per heavy atom. The van der Waals surface area contributed by atoms with Crippen molar-refractivity contribution in [3.05, 3.63) is 80.2 Å². The number of hydrogen-bond acceptors (Lipinski definition) is 9. The number of nitrogens with zero attached hydrogens (tertiary/aromatic N) is 1. The Balaban J connectivity index is 1.90. The molecule has 10 heteroatoms. The zero-order chi connectivity index (χ0) is 26.1. The Bertz CT molecular complexity index is 1330. The van der Waals surface area contributed by atoms with E-state index in [1.807, 2.05) is 24.3 Å². The molecule has 1 heterocycles. The standard InChI is InChI=1S/C26H26N2O8/c1-13-22(26(31)36-4)23(15-10-18(28(32)33)25(30)21(12-15)35-3)24-17(27-13)9-14(11-19(24)29)16-7-5-6-8-20(16)34-2/h5-8,10,12,14,23,27,30H,9,11H2,1-4H3/t14-,23+/m0/s1. The van der Waals surface area contributed by atoms with Gasteiger partial charge in [0.1, 0.15) is 5.75 Å². The molecule has 0 amide bonds. The maximum atomic E-state index is 13.7. The molecule has 2 aliphatic rings. The van der Waals surface area contributed by atoms with Crippen molar-refractivity contribution in [2.24, 2.45) is 0 Å². The summed E-state index contributed by atoms with van der Waals surface area (Å²) in [6, 6.07) is 10.1. The van der Waals surface area contributed by atoms with E-state index in [1.54, 1.807) is 14.0 Å². The molecule has 2 aromatic rings. The summed E-state index contributed by atoms with van der Waals surface area (Å²) < 4.78 is 15.7. The molecule has 0 saturated heterocycles. The molecule has 188 valence electrons. The van der Waals surface area contributed by atoms with E-state index >= 15 is 0 Å². The molecule has 1 aliphatic heterocycles. The maximum Gasteiger partial charge on any atom is 0.336 e. The van der Waals surface area contributed by atoms with Crippen LogP contribution in [0.2, 0.25) is 0 Å². The number of ether oxygens (including phenoxy) is 3. The van der Waals surface area contributed by atoms with Crippen LogP contribution in [0, 0.1) is 10.1 Å². The highest BCUT2D eigenvalue weighted by molar-refractivity contribution is 6.04.